The molecule has 2 atom stereocenters. The summed E-state index contributed by atoms with van der Waals surface area (Å²) in [6.45, 7) is 4.30. The minimum absolute atomic E-state index is 0.281. The molecule has 3 aromatic carbocycles. The maximum Gasteiger partial charge on any atom is 0.269 e. The first kappa shape index (κ1) is 23.9. The van der Waals surface area contributed by atoms with E-state index in [-0.39, 0.29) is 5.92 Å². The van der Waals surface area contributed by atoms with Gasteiger partial charge in [-0.2, -0.15) is 0 Å². The monoisotopic (exact) mass is 509 g/mol. The minimum Gasteiger partial charge on any atom is -0.297 e. The summed E-state index contributed by atoms with van der Waals surface area (Å²) in [7, 11) is -3.84. The Morgan fingerprint density at radius 1 is 0.838 bits per heavy atom. The zero-order valence-corrected chi connectivity index (χ0v) is 21.8. The van der Waals surface area contributed by atoms with Crippen LogP contribution in [0.3, 0.4) is 0 Å². The van der Waals surface area contributed by atoms with Crippen molar-refractivity contribution in [3.05, 3.63) is 108 Å². The molecule has 2 unspecified atom stereocenters. The molecule has 0 bridgehead atoms. The van der Waals surface area contributed by atoms with E-state index in [0.717, 1.165) is 54.1 Å². The van der Waals surface area contributed by atoms with Crippen LogP contribution in [0.5, 0.6) is 0 Å². The van der Waals surface area contributed by atoms with Crippen LogP contribution in [0.1, 0.15) is 49.3 Å². The zero-order valence-electron chi connectivity index (χ0n) is 21.0. The number of benzene rings is 3. The molecular formula is C31H31N3O2S. The van der Waals surface area contributed by atoms with Gasteiger partial charge in [-0.1, -0.05) is 66.7 Å². The first-order valence-corrected chi connectivity index (χ1v) is 14.5. The largest absolute Gasteiger partial charge is 0.297 e. The normalized spacial score (nSPS) is 18.1. The third kappa shape index (κ3) is 4.34. The highest BCUT2D eigenvalue weighted by Gasteiger charge is 2.28. The van der Waals surface area contributed by atoms with Crippen molar-refractivity contribution < 1.29 is 8.42 Å². The lowest BCUT2D eigenvalue weighted by Gasteiger charge is -2.28. The summed E-state index contributed by atoms with van der Waals surface area (Å²) in [4.78, 5) is 7.41. The van der Waals surface area contributed by atoms with E-state index in [1.165, 1.54) is 9.54 Å². The Morgan fingerprint density at radius 3 is 2.46 bits per heavy atom. The van der Waals surface area contributed by atoms with Crippen LogP contribution in [0.4, 0.5) is 0 Å². The van der Waals surface area contributed by atoms with Crippen molar-refractivity contribution in [1.82, 2.24) is 13.9 Å². The summed E-state index contributed by atoms with van der Waals surface area (Å²) in [5.41, 5.74) is 2.92. The topological polar surface area (TPSA) is 55.2 Å². The molecule has 0 radical (unpaired) electrons. The van der Waals surface area contributed by atoms with Crippen LogP contribution in [0, 0.1) is 0 Å². The predicted molar refractivity (Wildman–Crippen MR) is 149 cm³/mol. The Morgan fingerprint density at radius 2 is 1.59 bits per heavy atom. The van der Waals surface area contributed by atoms with E-state index in [1.54, 1.807) is 12.3 Å². The van der Waals surface area contributed by atoms with E-state index in [4.69, 9.17) is 0 Å². The highest BCUT2D eigenvalue weighted by Crippen LogP contribution is 2.37. The Labute approximate surface area is 218 Å². The molecule has 3 heterocycles. The Kier molecular flexibility index (Phi) is 6.31. The second kappa shape index (κ2) is 9.77. The number of nitrogens with zero attached hydrogens (tertiary/aromatic N) is 3. The zero-order chi connectivity index (χ0) is 25.4. The summed E-state index contributed by atoms with van der Waals surface area (Å²) >= 11 is 0. The van der Waals surface area contributed by atoms with Crippen LogP contribution < -0.4 is 0 Å². The highest BCUT2D eigenvalue weighted by molar-refractivity contribution is 7.90. The van der Waals surface area contributed by atoms with Gasteiger partial charge in [-0.25, -0.2) is 17.4 Å². The lowest BCUT2D eigenvalue weighted by atomic mass is 9.92. The Bertz CT molecular complexity index is 1660. The van der Waals surface area contributed by atoms with Gasteiger partial charge in [0.25, 0.3) is 10.0 Å². The number of fused-ring (bicyclic) bond motifs is 2. The van der Waals surface area contributed by atoms with Gasteiger partial charge in [-0.15, -0.1) is 0 Å². The van der Waals surface area contributed by atoms with E-state index in [0.29, 0.717) is 16.6 Å². The molecule has 1 aliphatic rings. The molecular weight excluding hydrogens is 478 g/mol. The molecule has 5 nitrogen and oxygen atoms in total. The van der Waals surface area contributed by atoms with Gasteiger partial charge in [0.1, 0.15) is 0 Å². The van der Waals surface area contributed by atoms with Gasteiger partial charge < -0.3 is 0 Å². The van der Waals surface area contributed by atoms with Gasteiger partial charge in [0.15, 0.2) is 5.65 Å². The molecule has 0 saturated carbocycles. The molecule has 0 aliphatic carbocycles. The average Bonchev–Trinajstić information content (AvgIpc) is 3.17. The van der Waals surface area contributed by atoms with E-state index >= 15 is 0 Å². The fraction of sp³-hybridized carbons (Fsp3) is 0.258. The quantitative estimate of drug-likeness (QED) is 0.263. The lowest BCUT2D eigenvalue weighted by molar-refractivity contribution is 0.218. The van der Waals surface area contributed by atoms with Crippen LogP contribution in [0.15, 0.2) is 102 Å². The van der Waals surface area contributed by atoms with Gasteiger partial charge in [-0.3, -0.25) is 4.90 Å². The van der Waals surface area contributed by atoms with Gasteiger partial charge in [0.05, 0.1) is 4.90 Å². The molecule has 6 rings (SSSR count). The van der Waals surface area contributed by atoms with Crippen molar-refractivity contribution in [2.24, 2.45) is 0 Å². The standard InChI is InChI=1S/C31H31N3O2S/c1-23(24-10-3-2-4-11-24)33-20-9-14-26(18-21-33)29-22-34(31-28(29)16-8-19-32-31)37(35,36)30-17-7-13-25-12-5-6-15-27(25)30/h2-8,10-13,15-17,19,22-23,26H,9,14,18,20-21H2,1H3. The van der Waals surface area contributed by atoms with Crippen molar-refractivity contribution in [3.8, 4) is 0 Å². The minimum atomic E-state index is -3.84. The van der Waals surface area contributed by atoms with Gasteiger partial charge in [-0.05, 0) is 79.9 Å². The fourth-order valence-electron chi connectivity index (χ4n) is 5.85. The van der Waals surface area contributed by atoms with Crippen molar-refractivity contribution >= 4 is 31.8 Å². The van der Waals surface area contributed by atoms with Crippen molar-refractivity contribution in [3.63, 3.8) is 0 Å². The average molecular weight is 510 g/mol. The summed E-state index contributed by atoms with van der Waals surface area (Å²) in [6, 6.07) is 28.0. The third-order valence-corrected chi connectivity index (χ3v) is 9.59. The van der Waals surface area contributed by atoms with Crippen molar-refractivity contribution in [2.45, 2.75) is 43.0 Å². The molecule has 0 N–H and O–H groups in total. The molecule has 188 valence electrons. The SMILES string of the molecule is CC(c1ccccc1)N1CCCC(c2cn(S(=O)(=O)c3cccc4ccccc34)c3ncccc23)CC1. The van der Waals surface area contributed by atoms with Crippen molar-refractivity contribution in [1.29, 1.82) is 0 Å². The second-order valence-electron chi connectivity index (χ2n) is 9.99. The maximum absolute atomic E-state index is 14.0. The summed E-state index contributed by atoms with van der Waals surface area (Å²) in [5.74, 6) is 0.281. The molecule has 2 aromatic heterocycles. The molecule has 6 heteroatoms. The first-order chi connectivity index (χ1) is 18.0. The van der Waals surface area contributed by atoms with Crippen molar-refractivity contribution in [2.75, 3.05) is 13.1 Å². The summed E-state index contributed by atoms with van der Waals surface area (Å²) < 4.78 is 29.5. The highest BCUT2D eigenvalue weighted by atomic mass is 32.2. The van der Waals surface area contributed by atoms with Gasteiger partial charge in [0.2, 0.25) is 0 Å². The number of pyridine rings is 1. The first-order valence-electron chi connectivity index (χ1n) is 13.0. The predicted octanol–water partition coefficient (Wildman–Crippen LogP) is 6.76. The Balaban J connectivity index is 1.36. The van der Waals surface area contributed by atoms with Crippen LogP contribution in [0.2, 0.25) is 0 Å². The number of likely N-dealkylation sites (tertiary alicyclic amines) is 1. The maximum atomic E-state index is 14.0. The van der Waals surface area contributed by atoms with Crippen LogP contribution in [-0.2, 0) is 10.0 Å². The molecule has 1 fully saturated rings. The summed E-state index contributed by atoms with van der Waals surface area (Å²) in [5, 5.41) is 2.56. The molecule has 37 heavy (non-hydrogen) atoms. The second-order valence-corrected chi connectivity index (χ2v) is 11.8. The fourth-order valence-corrected chi connectivity index (χ4v) is 7.40. The van der Waals surface area contributed by atoms with E-state index in [9.17, 15) is 8.42 Å². The number of hydrogen-bond acceptors (Lipinski definition) is 4. The summed E-state index contributed by atoms with van der Waals surface area (Å²) in [6.07, 6.45) is 6.61. The van der Waals surface area contributed by atoms with E-state index in [2.05, 4.69) is 47.1 Å². The molecule has 1 aliphatic heterocycles. The van der Waals surface area contributed by atoms with E-state index < -0.39 is 10.0 Å². The van der Waals surface area contributed by atoms with E-state index in [1.807, 2.05) is 54.7 Å². The Hall–Kier alpha value is -3.48. The van der Waals surface area contributed by atoms with Crippen LogP contribution in [0.25, 0.3) is 21.8 Å². The number of rotatable bonds is 5. The smallest absolute Gasteiger partial charge is 0.269 e. The van der Waals surface area contributed by atoms with Crippen LogP contribution >= 0.6 is 0 Å². The number of aromatic nitrogens is 2. The molecule has 0 amide bonds. The lowest BCUT2D eigenvalue weighted by Crippen LogP contribution is -2.28. The molecule has 5 aromatic rings. The number of hydrogen-bond donors (Lipinski definition) is 0. The third-order valence-electron chi connectivity index (χ3n) is 7.88. The molecule has 1 saturated heterocycles. The van der Waals surface area contributed by atoms with Crippen LogP contribution in [-0.4, -0.2) is 35.4 Å². The van der Waals surface area contributed by atoms with Gasteiger partial charge in [0, 0.05) is 29.2 Å². The van der Waals surface area contributed by atoms with Gasteiger partial charge >= 0.3 is 0 Å². The molecule has 0 spiro atoms.